The molecule has 4 nitrogen and oxygen atoms in total. The van der Waals surface area contributed by atoms with Crippen molar-refractivity contribution in [3.8, 4) is 0 Å². The van der Waals surface area contributed by atoms with E-state index in [1.807, 2.05) is 18.2 Å². The highest BCUT2D eigenvalue weighted by Crippen LogP contribution is 2.33. The van der Waals surface area contributed by atoms with Crippen LogP contribution < -0.4 is 10.6 Å². The van der Waals surface area contributed by atoms with Gasteiger partial charge in [0.25, 0.3) is 0 Å². The Balaban J connectivity index is 2.12. The van der Waals surface area contributed by atoms with Crippen LogP contribution in [0.2, 0.25) is 0 Å². The van der Waals surface area contributed by atoms with E-state index < -0.39 is 5.79 Å². The summed E-state index contributed by atoms with van der Waals surface area (Å²) in [5.74, 6) is -0.437. The number of anilines is 2. The lowest BCUT2D eigenvalue weighted by Crippen LogP contribution is -2.64. The van der Waals surface area contributed by atoms with Crippen molar-refractivity contribution in [1.82, 2.24) is 0 Å². The second-order valence-electron chi connectivity index (χ2n) is 4.22. The van der Waals surface area contributed by atoms with Gasteiger partial charge in [-0.3, -0.25) is 0 Å². The molecular weight excluding hydrogens is 204 g/mol. The lowest BCUT2D eigenvalue weighted by Gasteiger charge is -2.49. The zero-order chi connectivity index (χ0) is 11.8. The zero-order valence-corrected chi connectivity index (χ0v) is 9.99. The number of nitrogens with two attached hydrogens (primary N) is 1. The Kier molecular flexibility index (Phi) is 2.78. The first-order valence-electron chi connectivity index (χ1n) is 5.31. The summed E-state index contributed by atoms with van der Waals surface area (Å²) in [5.41, 5.74) is 8.90. The molecular formula is C12H18N2O2. The molecule has 1 aromatic carbocycles. The van der Waals surface area contributed by atoms with Crippen LogP contribution in [-0.2, 0) is 9.47 Å². The van der Waals surface area contributed by atoms with Gasteiger partial charge in [-0.1, -0.05) is 0 Å². The minimum atomic E-state index is -0.437. The predicted octanol–water partition coefficient (Wildman–Crippen LogP) is 1.39. The fourth-order valence-corrected chi connectivity index (χ4v) is 2.08. The van der Waals surface area contributed by atoms with Gasteiger partial charge in [0, 0.05) is 25.6 Å². The molecule has 0 atom stereocenters. The first kappa shape index (κ1) is 11.2. The van der Waals surface area contributed by atoms with Crippen LogP contribution in [0, 0.1) is 6.92 Å². The van der Waals surface area contributed by atoms with Gasteiger partial charge in [0.2, 0.25) is 5.79 Å². The Morgan fingerprint density at radius 2 is 1.88 bits per heavy atom. The van der Waals surface area contributed by atoms with Crippen LogP contribution in [0.3, 0.4) is 0 Å². The summed E-state index contributed by atoms with van der Waals surface area (Å²) in [4.78, 5) is 2.22. The number of benzene rings is 1. The molecule has 0 aliphatic carbocycles. The van der Waals surface area contributed by atoms with Gasteiger partial charge in [-0.25, -0.2) is 0 Å². The van der Waals surface area contributed by atoms with E-state index in [-0.39, 0.29) is 0 Å². The van der Waals surface area contributed by atoms with Gasteiger partial charge in [-0.2, -0.15) is 0 Å². The fraction of sp³-hybridized carbons (Fsp3) is 0.500. The van der Waals surface area contributed by atoms with Crippen LogP contribution in [0.1, 0.15) is 5.56 Å². The minimum Gasteiger partial charge on any atom is -0.399 e. The number of hydrogen-bond acceptors (Lipinski definition) is 4. The Morgan fingerprint density at radius 1 is 1.25 bits per heavy atom. The van der Waals surface area contributed by atoms with E-state index in [4.69, 9.17) is 15.2 Å². The summed E-state index contributed by atoms with van der Waals surface area (Å²) in [6.45, 7) is 3.57. The smallest absolute Gasteiger partial charge is 0.203 e. The van der Waals surface area contributed by atoms with E-state index in [9.17, 15) is 0 Å². The first-order valence-corrected chi connectivity index (χ1v) is 5.31. The lowest BCUT2D eigenvalue weighted by molar-refractivity contribution is -0.219. The standard InChI is InChI=1S/C12H18N2O2/c1-9-6-10(13)4-5-11(9)14-7-12(8-14,15-2)16-3/h4-6H,7-8,13H2,1-3H3. The predicted molar refractivity (Wildman–Crippen MR) is 64.6 cm³/mol. The van der Waals surface area contributed by atoms with Gasteiger partial charge >= 0.3 is 0 Å². The van der Waals surface area contributed by atoms with E-state index in [1.54, 1.807) is 14.2 Å². The molecule has 1 aromatic rings. The Bertz CT molecular complexity index is 381. The minimum absolute atomic E-state index is 0.437. The molecule has 1 aliphatic heterocycles. The Hall–Kier alpha value is -1.26. The number of hydrogen-bond donors (Lipinski definition) is 1. The van der Waals surface area contributed by atoms with Crippen molar-refractivity contribution in [2.75, 3.05) is 37.9 Å². The number of methoxy groups -OCH3 is 2. The molecule has 4 heteroatoms. The number of nitrogen functional groups attached to an aromatic ring is 1. The molecule has 16 heavy (non-hydrogen) atoms. The maximum Gasteiger partial charge on any atom is 0.203 e. The van der Waals surface area contributed by atoms with Crippen molar-refractivity contribution in [2.24, 2.45) is 0 Å². The summed E-state index contributed by atoms with van der Waals surface area (Å²) in [7, 11) is 3.35. The van der Waals surface area contributed by atoms with E-state index >= 15 is 0 Å². The maximum absolute atomic E-state index is 5.72. The van der Waals surface area contributed by atoms with Crippen LogP contribution in [0.25, 0.3) is 0 Å². The topological polar surface area (TPSA) is 47.7 Å². The van der Waals surface area contributed by atoms with Crippen molar-refractivity contribution >= 4 is 11.4 Å². The molecule has 0 saturated carbocycles. The summed E-state index contributed by atoms with van der Waals surface area (Å²) < 4.78 is 10.7. The van der Waals surface area contributed by atoms with Gasteiger partial charge in [0.15, 0.2) is 0 Å². The number of rotatable bonds is 3. The van der Waals surface area contributed by atoms with Crippen LogP contribution in [0.15, 0.2) is 18.2 Å². The third-order valence-electron chi connectivity index (χ3n) is 3.17. The molecule has 1 aliphatic rings. The van der Waals surface area contributed by atoms with Gasteiger partial charge in [0.1, 0.15) is 0 Å². The molecule has 0 unspecified atom stereocenters. The second kappa shape index (κ2) is 3.96. The van der Waals surface area contributed by atoms with Crippen LogP contribution in [0.5, 0.6) is 0 Å². The fourth-order valence-electron chi connectivity index (χ4n) is 2.08. The van der Waals surface area contributed by atoms with Crippen LogP contribution in [-0.4, -0.2) is 33.1 Å². The maximum atomic E-state index is 5.72. The van der Waals surface area contributed by atoms with E-state index in [2.05, 4.69) is 11.8 Å². The van der Waals surface area contributed by atoms with E-state index in [1.165, 1.54) is 11.3 Å². The van der Waals surface area contributed by atoms with E-state index in [0.717, 1.165) is 18.8 Å². The molecule has 1 saturated heterocycles. The number of ether oxygens (including phenoxy) is 2. The summed E-state index contributed by atoms with van der Waals surface area (Å²) in [5, 5.41) is 0. The van der Waals surface area contributed by atoms with Crippen molar-refractivity contribution in [3.05, 3.63) is 23.8 Å². The average Bonchev–Trinajstić information content (AvgIpc) is 2.20. The van der Waals surface area contributed by atoms with Crippen molar-refractivity contribution < 1.29 is 9.47 Å². The monoisotopic (exact) mass is 222 g/mol. The number of aryl methyl sites for hydroxylation is 1. The SMILES string of the molecule is COC1(OC)CN(c2ccc(N)cc2C)C1. The molecule has 1 fully saturated rings. The molecule has 0 aromatic heterocycles. The zero-order valence-electron chi connectivity index (χ0n) is 9.99. The lowest BCUT2D eigenvalue weighted by atomic mass is 10.0. The third kappa shape index (κ3) is 1.74. The highest BCUT2D eigenvalue weighted by Gasteiger charge is 2.44. The van der Waals surface area contributed by atoms with Gasteiger partial charge in [-0.15, -0.1) is 0 Å². The van der Waals surface area contributed by atoms with Crippen LogP contribution in [0.4, 0.5) is 11.4 Å². The highest BCUT2D eigenvalue weighted by molar-refractivity contribution is 5.60. The molecule has 0 radical (unpaired) electrons. The normalized spacial score (nSPS) is 18.3. The molecule has 0 bridgehead atoms. The third-order valence-corrected chi connectivity index (χ3v) is 3.17. The summed E-state index contributed by atoms with van der Waals surface area (Å²) >= 11 is 0. The number of nitrogens with zero attached hydrogens (tertiary/aromatic N) is 1. The van der Waals surface area contributed by atoms with Gasteiger partial charge in [0.05, 0.1) is 13.1 Å². The quantitative estimate of drug-likeness (QED) is 0.620. The first-order chi connectivity index (χ1) is 7.60. The molecule has 0 amide bonds. The largest absolute Gasteiger partial charge is 0.399 e. The highest BCUT2D eigenvalue weighted by atomic mass is 16.7. The second-order valence-corrected chi connectivity index (χ2v) is 4.22. The molecule has 88 valence electrons. The summed E-state index contributed by atoms with van der Waals surface area (Å²) in [6.07, 6.45) is 0. The molecule has 0 spiro atoms. The van der Waals surface area contributed by atoms with E-state index in [0.29, 0.717) is 0 Å². The van der Waals surface area contributed by atoms with Crippen LogP contribution >= 0.6 is 0 Å². The van der Waals surface area contributed by atoms with Crippen molar-refractivity contribution in [3.63, 3.8) is 0 Å². The van der Waals surface area contributed by atoms with Crippen molar-refractivity contribution in [2.45, 2.75) is 12.7 Å². The van der Waals surface area contributed by atoms with Gasteiger partial charge < -0.3 is 20.1 Å². The molecule has 1 heterocycles. The van der Waals surface area contributed by atoms with Gasteiger partial charge in [-0.05, 0) is 30.7 Å². The van der Waals surface area contributed by atoms with Crippen molar-refractivity contribution in [1.29, 1.82) is 0 Å². The molecule has 2 N–H and O–H groups in total. The average molecular weight is 222 g/mol. The molecule has 2 rings (SSSR count). The Morgan fingerprint density at radius 3 is 2.38 bits per heavy atom. The summed E-state index contributed by atoms with van der Waals surface area (Å²) in [6, 6.07) is 5.94. The Labute approximate surface area is 95.9 Å².